The summed E-state index contributed by atoms with van der Waals surface area (Å²) in [5.74, 6) is -0.462. The first kappa shape index (κ1) is 34.2. The average molecular weight is 785 g/mol. The molecule has 0 radical (unpaired) electrons. The number of phosphoric ester groups is 1. The van der Waals surface area contributed by atoms with Crippen molar-refractivity contribution in [3.63, 3.8) is 0 Å². The van der Waals surface area contributed by atoms with Crippen molar-refractivity contribution in [1.29, 1.82) is 0 Å². The third-order valence-corrected chi connectivity index (χ3v) is 7.35. The molecule has 0 spiro atoms. The van der Waals surface area contributed by atoms with Crippen LogP contribution in [0.15, 0.2) is 83.5 Å². The maximum atomic E-state index is 13.7. The van der Waals surface area contributed by atoms with Crippen LogP contribution in [0.2, 0.25) is 5.02 Å². The number of carbonyl (C=O) groups is 1. The molecule has 5 aromatic rings. The number of halogens is 2. The number of carbonyl (C=O) groups excluding carboxylic acids is 1. The number of furan rings is 1. The molecule has 5 rings (SSSR count). The van der Waals surface area contributed by atoms with Crippen LogP contribution >= 0.6 is 19.4 Å². The fourth-order valence-corrected chi connectivity index (χ4v) is 4.73. The number of sulfone groups is 1. The molecule has 0 saturated carbocycles. The summed E-state index contributed by atoms with van der Waals surface area (Å²) < 4.78 is 117. The summed E-state index contributed by atoms with van der Waals surface area (Å²) in [6.07, 6.45) is -0.0971. The maximum absolute atomic E-state index is 13.7. The summed E-state index contributed by atoms with van der Waals surface area (Å²) in [5.41, 5.74) is -2.51. The van der Waals surface area contributed by atoms with Gasteiger partial charge in [0.25, 0.3) is 0 Å². The number of benzene rings is 3. The monoisotopic (exact) mass is 784 g/mol. The summed E-state index contributed by atoms with van der Waals surface area (Å²) in [7, 11) is -10.5. The number of rotatable bonds is 14. The topological polar surface area (TPSA) is 196 Å². The predicted octanol–water partition coefficient (Wildman–Crippen LogP) is -1.20. The zero-order valence-corrected chi connectivity index (χ0v) is 33.4. The van der Waals surface area contributed by atoms with E-state index in [0.29, 0.717) is 28.4 Å². The molecule has 2 heterocycles. The van der Waals surface area contributed by atoms with Crippen molar-refractivity contribution in [2.75, 3.05) is 30.6 Å². The molecule has 1 amide bonds. The van der Waals surface area contributed by atoms with E-state index in [4.69, 9.17) is 29.0 Å². The standard InChI is InChI=1S/C31H29ClFN4O10PS.2Na/c1-49(42,43)12-11-37(31(38)45-19-46-48(39,40)41)16-24-7-10-28(47-24)21-5-8-27-25(14-21)30(35-18-34-27)36-23-6-9-29(26(32)15-23)44-17-20-3-2-4-22(33)13-20;;/h2-10,13-15,18H,11-12,16-17,19H2,1H3,(H,34,35,36)(H2,39,40,41);;/q;2*+1/p-2/i11D2,12D2,17D2;;. The molecule has 0 aliphatic carbocycles. The van der Waals surface area contributed by atoms with Crippen LogP contribution in [0.3, 0.4) is 0 Å². The van der Waals surface area contributed by atoms with Crippen molar-refractivity contribution >= 4 is 57.8 Å². The molecule has 0 bridgehead atoms. The van der Waals surface area contributed by atoms with Crippen molar-refractivity contribution in [2.24, 2.45) is 0 Å². The first-order chi connectivity index (χ1) is 25.5. The van der Waals surface area contributed by atoms with Crippen molar-refractivity contribution in [3.8, 4) is 17.1 Å². The summed E-state index contributed by atoms with van der Waals surface area (Å²) in [6.45, 7) is -8.51. The van der Waals surface area contributed by atoms with Crippen LogP contribution < -0.4 is 79.0 Å². The summed E-state index contributed by atoms with van der Waals surface area (Å²) in [6, 6.07) is 16.8. The van der Waals surface area contributed by atoms with Gasteiger partial charge in [0.05, 0.1) is 36.1 Å². The Morgan fingerprint density at radius 1 is 1.10 bits per heavy atom. The predicted molar refractivity (Wildman–Crippen MR) is 173 cm³/mol. The second-order valence-electron chi connectivity index (χ2n) is 9.88. The van der Waals surface area contributed by atoms with E-state index in [9.17, 15) is 32.0 Å². The minimum absolute atomic E-state index is 0. The minimum Gasteiger partial charge on any atom is -0.790 e. The Morgan fingerprint density at radius 3 is 2.59 bits per heavy atom. The average Bonchev–Trinajstić information content (AvgIpc) is 3.56. The minimum atomic E-state index is -5.64. The molecule has 0 aliphatic rings. The van der Waals surface area contributed by atoms with Gasteiger partial charge in [-0.05, 0) is 66.2 Å². The van der Waals surface area contributed by atoms with Gasteiger partial charge in [0, 0.05) is 32.1 Å². The first-order valence-corrected chi connectivity index (χ1v) is 17.4. The van der Waals surface area contributed by atoms with Gasteiger partial charge in [-0.2, -0.15) is 0 Å². The molecule has 0 atom stereocenters. The van der Waals surface area contributed by atoms with Crippen LogP contribution in [0, 0.1) is 5.82 Å². The number of hydrogen-bond donors (Lipinski definition) is 1. The molecule has 0 aliphatic heterocycles. The van der Waals surface area contributed by atoms with E-state index in [1.807, 2.05) is 0 Å². The van der Waals surface area contributed by atoms with Gasteiger partial charge in [0.1, 0.15) is 51.6 Å². The van der Waals surface area contributed by atoms with Gasteiger partial charge in [0.2, 0.25) is 0 Å². The smallest absolute Gasteiger partial charge is 0.790 e. The zero-order valence-electron chi connectivity index (χ0n) is 33.0. The van der Waals surface area contributed by atoms with Crippen LogP contribution in [0.25, 0.3) is 22.2 Å². The number of nitrogens with one attached hydrogen (secondary N) is 1. The number of phosphoric acid groups is 1. The third-order valence-electron chi connectivity index (χ3n) is 6.17. The van der Waals surface area contributed by atoms with Crippen molar-refractivity contribution in [3.05, 3.63) is 101 Å². The second kappa shape index (κ2) is 19.0. The zero-order chi connectivity index (χ0) is 40.6. The Hall–Kier alpha value is -2.57. The summed E-state index contributed by atoms with van der Waals surface area (Å²) in [5, 5.41) is 3.56. The van der Waals surface area contributed by atoms with E-state index in [1.165, 1.54) is 54.9 Å². The first-order valence-electron chi connectivity index (χ1n) is 16.6. The number of ether oxygens (including phenoxy) is 2. The number of amides is 1. The van der Waals surface area contributed by atoms with Crippen LogP contribution in [0.5, 0.6) is 5.75 Å². The van der Waals surface area contributed by atoms with Gasteiger partial charge >= 0.3 is 65.2 Å². The fourth-order valence-electron chi connectivity index (χ4n) is 4.05. The fraction of sp³-hybridized carbons (Fsp3) is 0.194. The molecule has 258 valence electrons. The molecule has 14 nitrogen and oxygen atoms in total. The molecular weight excluding hydrogens is 752 g/mol. The molecular formula is C31H27ClFN4Na2O10PS. The molecule has 0 saturated heterocycles. The molecule has 0 fully saturated rings. The van der Waals surface area contributed by atoms with Crippen LogP contribution in [0.4, 0.5) is 20.7 Å². The van der Waals surface area contributed by atoms with Crippen LogP contribution in [-0.2, 0) is 36.8 Å². The maximum Gasteiger partial charge on any atom is 1.00 e. The number of anilines is 2. The number of aromatic nitrogens is 2. The third kappa shape index (κ3) is 13.1. The molecule has 0 unspecified atom stereocenters. The molecule has 3 aromatic carbocycles. The Balaban J connectivity index is 0.00000435. The van der Waals surface area contributed by atoms with Crippen molar-refractivity contribution in [1.82, 2.24) is 14.9 Å². The van der Waals surface area contributed by atoms with Crippen LogP contribution in [0.1, 0.15) is 19.5 Å². The van der Waals surface area contributed by atoms with Gasteiger partial charge in [-0.1, -0.05) is 23.7 Å². The Morgan fingerprint density at radius 2 is 1.88 bits per heavy atom. The van der Waals surface area contributed by atoms with Gasteiger partial charge in [0.15, 0.2) is 6.79 Å². The SMILES string of the molecule is [2H]C([2H])(Oc1ccc(Nc2ncnc3ccc(-c4ccc(CN(C(=O)OCOP(=O)([O-])[O-])C([2H])([2H])C([2H])([2H])S(C)(=O)=O)o4)cc23)cc1Cl)c1cccc(F)c1.[Na+].[Na+]. The van der Waals surface area contributed by atoms with E-state index in [2.05, 4.69) is 24.5 Å². The number of nitrogens with zero attached hydrogens (tertiary/aromatic N) is 3. The van der Waals surface area contributed by atoms with Gasteiger partial charge in [-0.15, -0.1) is 0 Å². The molecule has 51 heavy (non-hydrogen) atoms. The molecule has 1 N–H and O–H groups in total. The largest absolute Gasteiger partial charge is 1.00 e. The van der Waals surface area contributed by atoms with E-state index in [0.717, 1.165) is 6.07 Å². The quantitative estimate of drug-likeness (QED) is 0.0802. The summed E-state index contributed by atoms with van der Waals surface area (Å²) in [4.78, 5) is 43.0. The van der Waals surface area contributed by atoms with Gasteiger partial charge < -0.3 is 38.1 Å². The van der Waals surface area contributed by atoms with Crippen molar-refractivity contribution < 1.29 is 118 Å². The van der Waals surface area contributed by atoms with Gasteiger partial charge in [-0.25, -0.2) is 27.6 Å². The van der Waals surface area contributed by atoms with Crippen LogP contribution in [-0.4, -0.2) is 54.6 Å². The Kier molecular flexibility index (Phi) is 12.7. The van der Waals surface area contributed by atoms with E-state index in [1.54, 1.807) is 18.2 Å². The van der Waals surface area contributed by atoms with E-state index in [-0.39, 0.29) is 97.7 Å². The van der Waals surface area contributed by atoms with E-state index >= 15 is 0 Å². The van der Waals surface area contributed by atoms with Crippen molar-refractivity contribution in [2.45, 2.75) is 13.1 Å². The normalized spacial score (nSPS) is 13.9. The second-order valence-corrected chi connectivity index (χ2v) is 13.2. The Bertz CT molecular complexity index is 2420. The van der Waals surface area contributed by atoms with E-state index < -0.39 is 61.7 Å². The molecule has 20 heteroatoms. The summed E-state index contributed by atoms with van der Waals surface area (Å²) >= 11 is 6.42. The molecule has 2 aromatic heterocycles. The number of fused-ring (bicyclic) bond motifs is 1. The Labute approximate surface area is 349 Å². The van der Waals surface area contributed by atoms with Gasteiger partial charge in [-0.3, -0.25) is 4.90 Å². The number of hydrogen-bond acceptors (Lipinski definition) is 13.